The van der Waals surface area contributed by atoms with Crippen LogP contribution in [0.2, 0.25) is 0 Å². The molecule has 0 aliphatic carbocycles. The number of hydrogen-bond donors (Lipinski definition) is 2. The highest BCUT2D eigenvalue weighted by Gasteiger charge is 1.92. The summed E-state index contributed by atoms with van der Waals surface area (Å²) in [6.45, 7) is 20.2. The number of ether oxygens (including phenoxy) is 2. The second-order valence-corrected chi connectivity index (χ2v) is 5.15. The minimum absolute atomic E-state index is 0.125. The number of allylic oxidation sites excluding steroid dienone is 2. The van der Waals surface area contributed by atoms with E-state index in [4.69, 9.17) is 19.7 Å². The van der Waals surface area contributed by atoms with Crippen molar-refractivity contribution in [2.45, 2.75) is 80.1 Å². The number of rotatable bonds is 10. The largest absolute Gasteiger partial charge is 0.466 e. The fourth-order valence-corrected chi connectivity index (χ4v) is 1.30. The van der Waals surface area contributed by atoms with Crippen LogP contribution in [0.4, 0.5) is 0 Å². The van der Waals surface area contributed by atoms with Gasteiger partial charge < -0.3 is 19.7 Å². The average molecular weight is 393 g/mol. The summed E-state index contributed by atoms with van der Waals surface area (Å²) in [5.41, 5.74) is 0. The first-order valence-corrected chi connectivity index (χ1v) is 10.00. The van der Waals surface area contributed by atoms with Crippen LogP contribution in [0.1, 0.15) is 80.1 Å². The predicted octanol–water partition coefficient (Wildman–Crippen LogP) is 5.31. The highest BCUT2D eigenvalue weighted by molar-refractivity contribution is 5.65. The fraction of sp³-hybridized carbons (Fsp3) is 0.773. The van der Waals surface area contributed by atoms with Crippen molar-refractivity contribution in [2.75, 3.05) is 33.0 Å². The third-order valence-electron chi connectivity index (χ3n) is 2.31. The Labute approximate surface area is 169 Å². The fourth-order valence-electron chi connectivity index (χ4n) is 1.30. The molecule has 0 aromatic carbocycles. The van der Waals surface area contributed by atoms with Gasteiger partial charge in [0.05, 0.1) is 19.8 Å². The van der Waals surface area contributed by atoms with E-state index in [0.717, 1.165) is 19.6 Å². The minimum Gasteiger partial charge on any atom is -0.466 e. The van der Waals surface area contributed by atoms with Crippen LogP contribution in [0.15, 0.2) is 25.3 Å². The molecular formula is C22H48O5. The molecule has 0 unspecified atom stereocenters. The SMILES string of the molecule is C=CC.C=CC.CCCCCCCCOC(C)=O.CCOCC.OCCO. The van der Waals surface area contributed by atoms with Crippen molar-refractivity contribution >= 4 is 5.97 Å². The van der Waals surface area contributed by atoms with Gasteiger partial charge in [0.1, 0.15) is 0 Å². The summed E-state index contributed by atoms with van der Waals surface area (Å²) in [5.74, 6) is -0.163. The van der Waals surface area contributed by atoms with Gasteiger partial charge in [0.2, 0.25) is 0 Å². The van der Waals surface area contributed by atoms with Crippen molar-refractivity contribution in [1.29, 1.82) is 0 Å². The molecule has 5 heteroatoms. The molecule has 0 fully saturated rings. The van der Waals surface area contributed by atoms with E-state index in [1.807, 2.05) is 27.7 Å². The Morgan fingerprint density at radius 1 is 0.852 bits per heavy atom. The third kappa shape index (κ3) is 110. The quantitative estimate of drug-likeness (QED) is 0.299. The lowest BCUT2D eigenvalue weighted by Crippen LogP contribution is -1.99. The molecule has 5 nitrogen and oxygen atoms in total. The van der Waals surface area contributed by atoms with Crippen molar-refractivity contribution < 1.29 is 24.5 Å². The molecular weight excluding hydrogens is 344 g/mol. The molecule has 0 aliphatic rings. The summed E-state index contributed by atoms with van der Waals surface area (Å²) in [4.78, 5) is 10.4. The summed E-state index contributed by atoms with van der Waals surface area (Å²) < 4.78 is 9.64. The molecule has 0 bridgehead atoms. The van der Waals surface area contributed by atoms with Gasteiger partial charge in [-0.3, -0.25) is 4.79 Å². The number of esters is 1. The van der Waals surface area contributed by atoms with Gasteiger partial charge in [-0.15, -0.1) is 13.2 Å². The van der Waals surface area contributed by atoms with E-state index in [1.54, 1.807) is 12.2 Å². The molecule has 27 heavy (non-hydrogen) atoms. The lowest BCUT2D eigenvalue weighted by Gasteiger charge is -2.01. The molecule has 166 valence electrons. The smallest absolute Gasteiger partial charge is 0.302 e. The van der Waals surface area contributed by atoms with Crippen molar-refractivity contribution in [3.05, 3.63) is 25.3 Å². The van der Waals surface area contributed by atoms with Crippen LogP contribution in [-0.4, -0.2) is 49.2 Å². The number of unbranched alkanes of at least 4 members (excludes halogenated alkanes) is 5. The first-order valence-electron chi connectivity index (χ1n) is 10.00. The van der Waals surface area contributed by atoms with Gasteiger partial charge in [-0.05, 0) is 34.1 Å². The van der Waals surface area contributed by atoms with Crippen LogP contribution in [0, 0.1) is 0 Å². The van der Waals surface area contributed by atoms with Crippen LogP contribution in [-0.2, 0) is 14.3 Å². The maximum atomic E-state index is 10.4. The summed E-state index contributed by atoms with van der Waals surface area (Å²) in [7, 11) is 0. The van der Waals surface area contributed by atoms with E-state index in [2.05, 4.69) is 20.1 Å². The molecule has 0 spiro atoms. The monoisotopic (exact) mass is 392 g/mol. The van der Waals surface area contributed by atoms with Gasteiger partial charge >= 0.3 is 5.97 Å². The van der Waals surface area contributed by atoms with Crippen molar-refractivity contribution in [3.8, 4) is 0 Å². The Morgan fingerprint density at radius 3 is 1.48 bits per heavy atom. The van der Waals surface area contributed by atoms with Crippen molar-refractivity contribution in [3.63, 3.8) is 0 Å². The number of aliphatic hydroxyl groups excluding tert-OH is 2. The van der Waals surface area contributed by atoms with Gasteiger partial charge in [-0.1, -0.05) is 51.2 Å². The van der Waals surface area contributed by atoms with Gasteiger partial charge in [0.15, 0.2) is 0 Å². The minimum atomic E-state index is -0.163. The zero-order chi connectivity index (χ0) is 22.2. The van der Waals surface area contributed by atoms with Crippen LogP contribution < -0.4 is 0 Å². The predicted molar refractivity (Wildman–Crippen MR) is 118 cm³/mol. The van der Waals surface area contributed by atoms with Crippen LogP contribution in [0.5, 0.6) is 0 Å². The Bertz CT molecular complexity index is 233. The third-order valence-corrected chi connectivity index (χ3v) is 2.31. The Kier molecular flexibility index (Phi) is 67.7. The van der Waals surface area contributed by atoms with Crippen molar-refractivity contribution in [2.24, 2.45) is 0 Å². The van der Waals surface area contributed by atoms with E-state index in [-0.39, 0.29) is 19.2 Å². The average Bonchev–Trinajstić information content (AvgIpc) is 2.63. The number of hydrogen-bond acceptors (Lipinski definition) is 5. The molecule has 0 saturated heterocycles. The lowest BCUT2D eigenvalue weighted by molar-refractivity contribution is -0.141. The second-order valence-electron chi connectivity index (χ2n) is 5.15. The van der Waals surface area contributed by atoms with E-state index in [0.29, 0.717) is 6.61 Å². The molecule has 0 aromatic rings. The van der Waals surface area contributed by atoms with Crippen molar-refractivity contribution in [1.82, 2.24) is 0 Å². The van der Waals surface area contributed by atoms with Gasteiger partial charge in [0.25, 0.3) is 0 Å². The Balaban J connectivity index is -0.0000000889. The van der Waals surface area contributed by atoms with E-state index in [1.165, 1.54) is 39.0 Å². The molecule has 0 amide bonds. The highest BCUT2D eigenvalue weighted by Crippen LogP contribution is 2.04. The summed E-state index contributed by atoms with van der Waals surface area (Å²) in [6, 6.07) is 0. The van der Waals surface area contributed by atoms with Gasteiger partial charge in [-0.2, -0.15) is 0 Å². The Hall–Kier alpha value is -1.17. The van der Waals surface area contributed by atoms with Crippen LogP contribution in [0.25, 0.3) is 0 Å². The van der Waals surface area contributed by atoms with Crippen LogP contribution in [0.3, 0.4) is 0 Å². The number of carbonyl (C=O) groups excluding carboxylic acids is 1. The van der Waals surface area contributed by atoms with Gasteiger partial charge in [0, 0.05) is 20.1 Å². The van der Waals surface area contributed by atoms with E-state index < -0.39 is 0 Å². The topological polar surface area (TPSA) is 76.0 Å². The molecule has 0 radical (unpaired) electrons. The highest BCUT2D eigenvalue weighted by atomic mass is 16.5. The van der Waals surface area contributed by atoms with E-state index in [9.17, 15) is 4.79 Å². The summed E-state index contributed by atoms with van der Waals surface area (Å²) >= 11 is 0. The molecule has 0 heterocycles. The first kappa shape index (κ1) is 36.7. The maximum Gasteiger partial charge on any atom is 0.302 e. The zero-order valence-electron chi connectivity index (χ0n) is 19.0. The first-order chi connectivity index (χ1) is 12.9. The summed E-state index contributed by atoms with van der Waals surface area (Å²) in [6.07, 6.45) is 10.9. The zero-order valence-corrected chi connectivity index (χ0v) is 19.0. The van der Waals surface area contributed by atoms with Gasteiger partial charge in [-0.25, -0.2) is 0 Å². The molecule has 0 aliphatic heterocycles. The lowest BCUT2D eigenvalue weighted by atomic mass is 10.1. The maximum absolute atomic E-state index is 10.4. The second kappa shape index (κ2) is 49.8. The normalized spacial score (nSPS) is 8.00. The van der Waals surface area contributed by atoms with Crippen LogP contribution >= 0.6 is 0 Å². The molecule has 0 saturated carbocycles. The number of aliphatic hydroxyl groups is 2. The summed E-state index contributed by atoms with van der Waals surface area (Å²) in [5, 5.41) is 15.2. The molecule has 0 aromatic heterocycles. The molecule has 0 rings (SSSR count). The molecule has 0 atom stereocenters. The molecule has 2 N–H and O–H groups in total. The number of carbonyl (C=O) groups is 1. The Morgan fingerprint density at radius 2 is 1.22 bits per heavy atom. The van der Waals surface area contributed by atoms with E-state index >= 15 is 0 Å². The standard InChI is InChI=1S/C10H20O2.C4H10O.2C3H6.C2H6O2/c1-3-4-5-6-7-8-9-12-10(2)11;1-3-5-4-2;2*1-3-2;3-1-2-4/h3-9H2,1-2H3;3-4H2,1-2H3;2*3H,1H2,2H3;3-4H,1-2H2.